The maximum atomic E-state index is 12.3. The normalized spacial score (nSPS) is 23.5. The Balaban J connectivity index is 1.38. The topological polar surface area (TPSA) is 43.7 Å². The summed E-state index contributed by atoms with van der Waals surface area (Å²) in [7, 11) is 1.40. The average Bonchev–Trinajstić information content (AvgIpc) is 2.96. The fourth-order valence-corrected chi connectivity index (χ4v) is 5.01. The first kappa shape index (κ1) is 21.2. The lowest BCUT2D eigenvalue weighted by Crippen LogP contribution is -2.58. The maximum absolute atomic E-state index is 12.3. The van der Waals surface area contributed by atoms with E-state index in [1.807, 2.05) is 31.2 Å². The van der Waals surface area contributed by atoms with Gasteiger partial charge in [0, 0.05) is 42.3 Å². The molecule has 0 bridgehead atoms. The Kier molecular flexibility index (Phi) is 5.81. The Morgan fingerprint density at radius 3 is 2.43 bits per heavy atom. The highest BCUT2D eigenvalue weighted by Crippen LogP contribution is 2.35. The van der Waals surface area contributed by atoms with Gasteiger partial charge in [-0.2, -0.15) is 0 Å². The van der Waals surface area contributed by atoms with Crippen molar-refractivity contribution in [2.24, 2.45) is 5.92 Å². The zero-order valence-electron chi connectivity index (χ0n) is 17.2. The highest BCUT2D eigenvalue weighted by atomic mass is 19.4. The Bertz CT molecular complexity index is 910. The van der Waals surface area contributed by atoms with E-state index in [0.29, 0.717) is 30.6 Å². The third kappa shape index (κ3) is 4.21. The van der Waals surface area contributed by atoms with Crippen LogP contribution in [0, 0.1) is 12.8 Å². The fraction of sp³-hybridized carbons (Fsp3) is 0.591. The molecule has 5 nitrogen and oxygen atoms in total. The maximum Gasteiger partial charge on any atom is 0.522 e. The molecule has 2 fully saturated rings. The molecule has 0 atom stereocenters. The molecule has 1 aromatic heterocycles. The van der Waals surface area contributed by atoms with Crippen molar-refractivity contribution in [1.29, 1.82) is 0 Å². The van der Waals surface area contributed by atoms with E-state index in [4.69, 9.17) is 4.74 Å². The molecule has 2 heterocycles. The summed E-state index contributed by atoms with van der Waals surface area (Å²) in [5, 5.41) is 0.909. The molecule has 1 saturated carbocycles. The molecule has 8 heteroatoms. The first-order chi connectivity index (χ1) is 14.3. The van der Waals surface area contributed by atoms with Crippen LogP contribution >= 0.6 is 0 Å². The molecule has 0 spiro atoms. The fourth-order valence-electron chi connectivity index (χ4n) is 5.01. The summed E-state index contributed by atoms with van der Waals surface area (Å²) >= 11 is 0. The Morgan fingerprint density at radius 1 is 1.13 bits per heavy atom. The predicted molar refractivity (Wildman–Crippen MR) is 106 cm³/mol. The number of ether oxygens (including phenoxy) is 2. The van der Waals surface area contributed by atoms with Crippen LogP contribution in [-0.4, -0.2) is 54.1 Å². The van der Waals surface area contributed by atoms with Crippen LogP contribution in [-0.2, 0) is 16.0 Å². The van der Waals surface area contributed by atoms with Crippen molar-refractivity contribution >= 4 is 16.9 Å². The van der Waals surface area contributed by atoms with Gasteiger partial charge in [0.2, 0.25) is 0 Å². The van der Waals surface area contributed by atoms with Gasteiger partial charge in [-0.3, -0.25) is 9.64 Å². The van der Waals surface area contributed by atoms with E-state index in [2.05, 4.69) is 14.2 Å². The van der Waals surface area contributed by atoms with Crippen molar-refractivity contribution in [3.8, 4) is 0 Å². The monoisotopic (exact) mass is 424 g/mol. The largest absolute Gasteiger partial charge is 0.522 e. The van der Waals surface area contributed by atoms with Crippen molar-refractivity contribution < 1.29 is 27.4 Å². The van der Waals surface area contributed by atoms with Gasteiger partial charge in [-0.25, -0.2) is 4.79 Å². The number of hydrogen-bond acceptors (Lipinski definition) is 4. The van der Waals surface area contributed by atoms with Crippen molar-refractivity contribution in [2.45, 2.75) is 57.7 Å². The molecule has 1 aliphatic carbocycles. The lowest BCUT2D eigenvalue weighted by molar-refractivity contribution is -0.356. The number of nitrogens with zero attached hydrogens (tertiary/aromatic N) is 2. The predicted octanol–water partition coefficient (Wildman–Crippen LogP) is 4.52. The van der Waals surface area contributed by atoms with E-state index in [1.54, 1.807) is 0 Å². The second-order valence-electron chi connectivity index (χ2n) is 8.39. The smallest absolute Gasteiger partial charge is 0.465 e. The number of hydrogen-bond donors (Lipinski definition) is 0. The zero-order valence-corrected chi connectivity index (χ0v) is 17.2. The molecule has 0 unspecified atom stereocenters. The van der Waals surface area contributed by atoms with Crippen molar-refractivity contribution in [2.75, 3.05) is 20.2 Å². The van der Waals surface area contributed by atoms with Gasteiger partial charge in [0.15, 0.2) is 0 Å². The SMILES string of the molecule is COC(=O)c1c(C)n(CC2CCC(N3CC(OC(F)(F)F)C3)CC2)c2ccccc12. The summed E-state index contributed by atoms with van der Waals surface area (Å²) in [4.78, 5) is 14.4. The lowest BCUT2D eigenvalue weighted by Gasteiger charge is -2.46. The van der Waals surface area contributed by atoms with Crippen molar-refractivity contribution in [1.82, 2.24) is 9.47 Å². The molecule has 0 amide bonds. The first-order valence-corrected chi connectivity index (χ1v) is 10.4. The molecule has 1 saturated heterocycles. The number of esters is 1. The third-order valence-electron chi connectivity index (χ3n) is 6.57. The summed E-state index contributed by atoms with van der Waals surface area (Å²) in [5.74, 6) is 0.157. The number of para-hydroxylation sites is 1. The van der Waals surface area contributed by atoms with E-state index in [0.717, 1.165) is 48.8 Å². The van der Waals surface area contributed by atoms with Gasteiger partial charge >= 0.3 is 12.3 Å². The Hall–Kier alpha value is -2.06. The number of benzene rings is 1. The zero-order chi connectivity index (χ0) is 21.5. The minimum atomic E-state index is -4.55. The van der Waals surface area contributed by atoms with E-state index < -0.39 is 12.5 Å². The van der Waals surface area contributed by atoms with E-state index in [9.17, 15) is 18.0 Å². The summed E-state index contributed by atoms with van der Waals surface area (Å²) < 4.78 is 48.2. The first-order valence-electron chi connectivity index (χ1n) is 10.4. The number of halogens is 3. The summed E-state index contributed by atoms with van der Waals surface area (Å²) in [5.41, 5.74) is 2.57. The highest BCUT2D eigenvalue weighted by molar-refractivity contribution is 6.05. The van der Waals surface area contributed by atoms with Crippen LogP contribution in [0.15, 0.2) is 24.3 Å². The molecule has 0 N–H and O–H groups in total. The van der Waals surface area contributed by atoms with E-state index in [1.165, 1.54) is 7.11 Å². The quantitative estimate of drug-likeness (QED) is 0.663. The Labute approximate surface area is 173 Å². The number of alkyl halides is 3. The van der Waals surface area contributed by atoms with Gasteiger partial charge in [0.1, 0.15) is 0 Å². The van der Waals surface area contributed by atoms with E-state index in [-0.39, 0.29) is 5.97 Å². The van der Waals surface area contributed by atoms with Crippen LogP contribution in [0.5, 0.6) is 0 Å². The molecule has 1 aliphatic heterocycles. The van der Waals surface area contributed by atoms with Crippen LogP contribution in [0.1, 0.15) is 41.7 Å². The van der Waals surface area contributed by atoms with Gasteiger partial charge in [-0.05, 0) is 44.6 Å². The average molecular weight is 424 g/mol. The van der Waals surface area contributed by atoms with Crippen LogP contribution in [0.4, 0.5) is 13.2 Å². The third-order valence-corrected chi connectivity index (χ3v) is 6.57. The summed E-state index contributed by atoms with van der Waals surface area (Å²) in [6.07, 6.45) is -1.28. The number of rotatable bonds is 5. The number of methoxy groups -OCH3 is 1. The standard InChI is InChI=1S/C22H27F3N2O3/c1-14-20(21(28)29-2)18-5-3-4-6-19(18)27(14)11-15-7-9-16(10-8-15)26-12-17(13-26)30-22(23,24)25/h3-6,15-17H,7-13H2,1-2H3. The van der Waals surface area contributed by atoms with Gasteiger partial charge < -0.3 is 9.30 Å². The van der Waals surface area contributed by atoms with Crippen molar-refractivity contribution in [3.05, 3.63) is 35.5 Å². The second-order valence-corrected chi connectivity index (χ2v) is 8.39. The number of carbonyl (C=O) groups is 1. The molecular formula is C22H27F3N2O3. The minimum Gasteiger partial charge on any atom is -0.465 e. The van der Waals surface area contributed by atoms with Crippen LogP contribution in [0.2, 0.25) is 0 Å². The van der Waals surface area contributed by atoms with E-state index >= 15 is 0 Å². The summed E-state index contributed by atoms with van der Waals surface area (Å²) in [6, 6.07) is 8.21. The lowest BCUT2D eigenvalue weighted by atomic mass is 9.84. The van der Waals surface area contributed by atoms with Crippen LogP contribution < -0.4 is 0 Å². The number of fused-ring (bicyclic) bond motifs is 1. The Morgan fingerprint density at radius 2 is 1.80 bits per heavy atom. The van der Waals surface area contributed by atoms with Gasteiger partial charge in [-0.1, -0.05) is 18.2 Å². The van der Waals surface area contributed by atoms with Gasteiger partial charge in [0.25, 0.3) is 0 Å². The number of carbonyl (C=O) groups excluding carboxylic acids is 1. The molecule has 30 heavy (non-hydrogen) atoms. The van der Waals surface area contributed by atoms with Gasteiger partial charge in [-0.15, -0.1) is 13.2 Å². The molecule has 164 valence electrons. The number of likely N-dealkylation sites (tertiary alicyclic amines) is 1. The molecule has 2 aliphatic rings. The van der Waals surface area contributed by atoms with Crippen molar-refractivity contribution in [3.63, 3.8) is 0 Å². The molecule has 4 rings (SSSR count). The van der Waals surface area contributed by atoms with Gasteiger partial charge in [0.05, 0.1) is 18.8 Å². The molecule has 2 aromatic rings. The molecular weight excluding hydrogens is 397 g/mol. The number of aromatic nitrogens is 1. The minimum absolute atomic E-state index is 0.320. The van der Waals surface area contributed by atoms with Crippen LogP contribution in [0.3, 0.4) is 0 Å². The highest BCUT2D eigenvalue weighted by Gasteiger charge is 2.41. The second kappa shape index (κ2) is 8.23. The summed E-state index contributed by atoms with van der Waals surface area (Å²) in [6.45, 7) is 3.51. The van der Waals surface area contributed by atoms with Crippen LogP contribution in [0.25, 0.3) is 10.9 Å². The molecule has 0 radical (unpaired) electrons. The molecule has 1 aromatic carbocycles.